The van der Waals surface area contributed by atoms with Crippen LogP contribution in [0.15, 0.2) is 24.3 Å². The third-order valence-corrected chi connectivity index (χ3v) is 4.84. The number of hydrogen-bond donors (Lipinski definition) is 2. The predicted molar refractivity (Wildman–Crippen MR) is 97.6 cm³/mol. The van der Waals surface area contributed by atoms with Crippen LogP contribution in [-0.2, 0) is 9.53 Å². The SMILES string of the molecule is Cc1ccccc1[C@H]1CN(CC(=O)Nc2c(C)n[nH]c2C)[C@@H](C)CO1. The Morgan fingerprint density at radius 1 is 1.36 bits per heavy atom. The van der Waals surface area contributed by atoms with Crippen molar-refractivity contribution >= 4 is 11.6 Å². The van der Waals surface area contributed by atoms with Gasteiger partial charge >= 0.3 is 0 Å². The fourth-order valence-corrected chi connectivity index (χ4v) is 3.26. The van der Waals surface area contributed by atoms with Gasteiger partial charge in [0.25, 0.3) is 0 Å². The molecular formula is C19H26N4O2. The maximum absolute atomic E-state index is 12.5. The minimum atomic E-state index is -0.0233. The topological polar surface area (TPSA) is 70.2 Å². The fraction of sp³-hybridized carbons (Fsp3) is 0.474. The highest BCUT2D eigenvalue weighted by molar-refractivity contribution is 5.93. The number of carbonyl (C=O) groups excluding carboxylic acids is 1. The van der Waals surface area contributed by atoms with Crippen molar-refractivity contribution in [2.75, 3.05) is 25.0 Å². The highest BCUT2D eigenvalue weighted by atomic mass is 16.5. The van der Waals surface area contributed by atoms with Crippen LogP contribution in [0.25, 0.3) is 0 Å². The molecule has 0 saturated carbocycles. The lowest BCUT2D eigenvalue weighted by atomic mass is 10.0. The van der Waals surface area contributed by atoms with Crippen LogP contribution in [-0.4, -0.2) is 46.7 Å². The van der Waals surface area contributed by atoms with Crippen LogP contribution in [0.4, 0.5) is 5.69 Å². The third kappa shape index (κ3) is 3.91. The van der Waals surface area contributed by atoms with Gasteiger partial charge in [0.2, 0.25) is 5.91 Å². The van der Waals surface area contributed by atoms with E-state index in [9.17, 15) is 4.79 Å². The van der Waals surface area contributed by atoms with Crippen molar-refractivity contribution in [3.05, 3.63) is 46.8 Å². The van der Waals surface area contributed by atoms with Crippen molar-refractivity contribution in [3.8, 4) is 0 Å². The predicted octanol–water partition coefficient (Wildman–Crippen LogP) is 2.74. The second-order valence-electron chi connectivity index (χ2n) is 6.81. The van der Waals surface area contributed by atoms with E-state index in [0.29, 0.717) is 19.7 Å². The van der Waals surface area contributed by atoms with Crippen molar-refractivity contribution in [2.45, 2.75) is 39.8 Å². The molecule has 1 aliphatic rings. The molecule has 134 valence electrons. The number of aryl methyl sites for hydroxylation is 3. The number of nitrogens with zero attached hydrogens (tertiary/aromatic N) is 2. The van der Waals surface area contributed by atoms with Gasteiger partial charge in [0.1, 0.15) is 0 Å². The van der Waals surface area contributed by atoms with Gasteiger partial charge in [0.05, 0.1) is 36.3 Å². The van der Waals surface area contributed by atoms with Crippen LogP contribution < -0.4 is 5.32 Å². The Hall–Kier alpha value is -2.18. The average molecular weight is 342 g/mol. The summed E-state index contributed by atoms with van der Waals surface area (Å²) in [6.45, 7) is 9.65. The maximum Gasteiger partial charge on any atom is 0.238 e. The highest BCUT2D eigenvalue weighted by Gasteiger charge is 2.29. The Labute approximate surface area is 148 Å². The van der Waals surface area contributed by atoms with Gasteiger partial charge in [-0.3, -0.25) is 14.8 Å². The zero-order valence-electron chi connectivity index (χ0n) is 15.3. The largest absolute Gasteiger partial charge is 0.371 e. The Bertz CT molecular complexity index is 736. The van der Waals surface area contributed by atoms with Crippen LogP contribution >= 0.6 is 0 Å². The summed E-state index contributed by atoms with van der Waals surface area (Å²) >= 11 is 0. The van der Waals surface area contributed by atoms with Crippen LogP contribution in [0.1, 0.15) is 35.5 Å². The minimum Gasteiger partial charge on any atom is -0.371 e. The summed E-state index contributed by atoms with van der Waals surface area (Å²) in [4.78, 5) is 14.7. The molecule has 0 unspecified atom stereocenters. The molecule has 0 aliphatic carbocycles. The molecule has 1 aliphatic heterocycles. The lowest BCUT2D eigenvalue weighted by Crippen LogP contribution is -2.48. The number of rotatable bonds is 4. The van der Waals surface area contributed by atoms with Gasteiger partial charge in [-0.05, 0) is 38.8 Å². The zero-order valence-corrected chi connectivity index (χ0v) is 15.3. The summed E-state index contributed by atoms with van der Waals surface area (Å²) in [5, 5.41) is 9.99. The normalized spacial score (nSPS) is 21.3. The molecule has 2 heterocycles. The third-order valence-electron chi connectivity index (χ3n) is 4.84. The molecule has 2 aromatic rings. The molecule has 1 aromatic heterocycles. The lowest BCUT2D eigenvalue weighted by Gasteiger charge is -2.38. The van der Waals surface area contributed by atoms with E-state index in [1.807, 2.05) is 26.0 Å². The fourth-order valence-electron chi connectivity index (χ4n) is 3.26. The second kappa shape index (κ2) is 7.37. The van der Waals surface area contributed by atoms with Crippen molar-refractivity contribution in [3.63, 3.8) is 0 Å². The number of nitrogens with one attached hydrogen (secondary N) is 2. The molecular weight excluding hydrogens is 316 g/mol. The van der Waals surface area contributed by atoms with E-state index in [-0.39, 0.29) is 18.1 Å². The van der Waals surface area contributed by atoms with Gasteiger partial charge in [-0.2, -0.15) is 5.10 Å². The number of aromatic amines is 1. The number of H-pyrrole nitrogens is 1. The van der Waals surface area contributed by atoms with E-state index in [2.05, 4.69) is 46.4 Å². The molecule has 0 radical (unpaired) electrons. The Morgan fingerprint density at radius 2 is 2.12 bits per heavy atom. The van der Waals surface area contributed by atoms with E-state index in [1.165, 1.54) is 11.1 Å². The van der Waals surface area contributed by atoms with E-state index in [0.717, 1.165) is 17.1 Å². The molecule has 2 atom stereocenters. The lowest BCUT2D eigenvalue weighted by molar-refractivity contribution is -0.121. The highest BCUT2D eigenvalue weighted by Crippen LogP contribution is 2.27. The van der Waals surface area contributed by atoms with E-state index in [1.54, 1.807) is 0 Å². The first kappa shape index (κ1) is 17.6. The molecule has 0 bridgehead atoms. The molecule has 6 heteroatoms. The average Bonchev–Trinajstić information content (AvgIpc) is 2.89. The van der Waals surface area contributed by atoms with E-state index < -0.39 is 0 Å². The first-order valence-electron chi connectivity index (χ1n) is 8.68. The molecule has 0 spiro atoms. The Morgan fingerprint density at radius 3 is 2.80 bits per heavy atom. The maximum atomic E-state index is 12.5. The molecule has 1 aromatic carbocycles. The summed E-state index contributed by atoms with van der Waals surface area (Å²) in [7, 11) is 0. The Kier molecular flexibility index (Phi) is 5.20. The smallest absolute Gasteiger partial charge is 0.238 e. The summed E-state index contributed by atoms with van der Waals surface area (Å²) in [6.07, 6.45) is 0.00241. The second-order valence-corrected chi connectivity index (χ2v) is 6.81. The summed E-state index contributed by atoms with van der Waals surface area (Å²) in [5.41, 5.74) is 4.87. The molecule has 1 fully saturated rings. The zero-order chi connectivity index (χ0) is 18.0. The standard InChI is InChI=1S/C19H26N4O2/c1-12-7-5-6-8-16(12)17-9-23(13(2)11-25-17)10-18(24)20-19-14(3)21-22-15(19)4/h5-8,13,17H,9-11H2,1-4H3,(H,20,24)(H,21,22)/t13-,17+/m0/s1. The van der Waals surface area contributed by atoms with Crippen molar-refractivity contribution in [1.82, 2.24) is 15.1 Å². The number of aromatic nitrogens is 2. The molecule has 25 heavy (non-hydrogen) atoms. The number of morpholine rings is 1. The molecule has 2 N–H and O–H groups in total. The van der Waals surface area contributed by atoms with Crippen LogP contribution in [0.3, 0.4) is 0 Å². The van der Waals surface area contributed by atoms with Crippen molar-refractivity contribution in [2.24, 2.45) is 0 Å². The molecule has 1 amide bonds. The molecule has 3 rings (SSSR count). The summed E-state index contributed by atoms with van der Waals surface area (Å²) in [5.74, 6) is -0.0233. The molecule has 1 saturated heterocycles. The summed E-state index contributed by atoms with van der Waals surface area (Å²) < 4.78 is 6.02. The van der Waals surface area contributed by atoms with Crippen LogP contribution in [0.5, 0.6) is 0 Å². The molecule has 6 nitrogen and oxygen atoms in total. The van der Waals surface area contributed by atoms with Gasteiger partial charge in [-0.15, -0.1) is 0 Å². The number of amides is 1. The van der Waals surface area contributed by atoms with Gasteiger partial charge in [-0.1, -0.05) is 24.3 Å². The van der Waals surface area contributed by atoms with Crippen molar-refractivity contribution < 1.29 is 9.53 Å². The van der Waals surface area contributed by atoms with Crippen molar-refractivity contribution in [1.29, 1.82) is 0 Å². The minimum absolute atomic E-state index is 0.00241. The van der Waals surface area contributed by atoms with Crippen LogP contribution in [0.2, 0.25) is 0 Å². The van der Waals surface area contributed by atoms with Gasteiger partial charge in [0.15, 0.2) is 0 Å². The summed E-state index contributed by atoms with van der Waals surface area (Å²) in [6, 6.07) is 8.47. The number of anilines is 1. The first-order valence-corrected chi connectivity index (χ1v) is 8.68. The number of ether oxygens (including phenoxy) is 1. The van der Waals surface area contributed by atoms with Gasteiger partial charge in [-0.25, -0.2) is 0 Å². The van der Waals surface area contributed by atoms with Crippen LogP contribution in [0, 0.1) is 20.8 Å². The van der Waals surface area contributed by atoms with Gasteiger partial charge in [0, 0.05) is 12.6 Å². The number of hydrogen-bond acceptors (Lipinski definition) is 4. The first-order chi connectivity index (χ1) is 12.0. The van der Waals surface area contributed by atoms with E-state index in [4.69, 9.17) is 4.74 Å². The van der Waals surface area contributed by atoms with E-state index >= 15 is 0 Å². The number of benzene rings is 1. The monoisotopic (exact) mass is 342 g/mol. The number of carbonyl (C=O) groups is 1. The van der Waals surface area contributed by atoms with Gasteiger partial charge < -0.3 is 10.1 Å². The Balaban J connectivity index is 1.66. The quantitative estimate of drug-likeness (QED) is 0.896.